The second-order valence-electron chi connectivity index (χ2n) is 8.38. The Morgan fingerprint density at radius 1 is 0.643 bits per heavy atom. The van der Waals surface area contributed by atoms with Gasteiger partial charge in [-0.05, 0) is 31.9 Å². The first kappa shape index (κ1) is 22.8. The van der Waals surface area contributed by atoms with Crippen molar-refractivity contribution in [3.05, 3.63) is 42.7 Å². The van der Waals surface area contributed by atoms with Gasteiger partial charge in [0.15, 0.2) is 0 Å². The molecule has 0 bridgehead atoms. The molecule has 1 atom stereocenters. The molecule has 1 aliphatic rings. The number of nitrogens with zero attached hydrogens (tertiary/aromatic N) is 2. The summed E-state index contributed by atoms with van der Waals surface area (Å²) in [7, 11) is 0. The van der Waals surface area contributed by atoms with E-state index in [0.29, 0.717) is 6.17 Å². The molecule has 1 aromatic carbocycles. The average Bonchev–Trinajstić information content (AvgIpc) is 3.15. The van der Waals surface area contributed by atoms with Gasteiger partial charge in [0, 0.05) is 24.6 Å². The first-order valence-corrected chi connectivity index (χ1v) is 12.1. The lowest BCUT2D eigenvalue weighted by Crippen LogP contribution is -2.38. The third kappa shape index (κ3) is 8.29. The molecule has 158 valence electrons. The molecule has 0 fully saturated rings. The standard InChI is InChI=1S/C26H44N2/c1-3-5-6-7-8-9-10-11-12-13-14-15-19-22-26-27(4-2)23-24-28(26)25-20-17-16-18-21-25/h16-18,20-21,23-24,26H,3-15,19,22H2,1-2H3. The van der Waals surface area contributed by atoms with Gasteiger partial charge in [-0.1, -0.05) is 102 Å². The van der Waals surface area contributed by atoms with E-state index in [1.807, 2.05) is 0 Å². The Morgan fingerprint density at radius 3 is 1.71 bits per heavy atom. The highest BCUT2D eigenvalue weighted by atomic mass is 15.4. The SMILES string of the molecule is CCCCCCCCCCCCCCCC1N(CC)C=CN1c1ccccc1. The fourth-order valence-electron chi connectivity index (χ4n) is 4.34. The molecule has 2 rings (SSSR count). The van der Waals surface area contributed by atoms with Crippen LogP contribution in [0.4, 0.5) is 5.69 Å². The lowest BCUT2D eigenvalue weighted by atomic mass is 10.0. The Hall–Kier alpha value is -1.44. The second-order valence-corrected chi connectivity index (χ2v) is 8.38. The Bertz CT molecular complexity index is 510. The average molecular weight is 385 g/mol. The van der Waals surface area contributed by atoms with Crippen molar-refractivity contribution < 1.29 is 0 Å². The Balaban J connectivity index is 1.51. The smallest absolute Gasteiger partial charge is 0.105 e. The number of anilines is 1. The first-order chi connectivity index (χ1) is 13.9. The topological polar surface area (TPSA) is 6.48 Å². The minimum Gasteiger partial charge on any atom is -0.356 e. The van der Waals surface area contributed by atoms with Crippen molar-refractivity contribution in [2.75, 3.05) is 11.4 Å². The molecular formula is C26H44N2. The highest BCUT2D eigenvalue weighted by Gasteiger charge is 2.25. The van der Waals surface area contributed by atoms with Gasteiger partial charge in [0.1, 0.15) is 6.17 Å². The zero-order chi connectivity index (χ0) is 19.9. The van der Waals surface area contributed by atoms with Crippen molar-refractivity contribution >= 4 is 5.69 Å². The number of unbranched alkanes of at least 4 members (excludes halogenated alkanes) is 12. The molecule has 1 aromatic rings. The lowest BCUT2D eigenvalue weighted by molar-refractivity contribution is 0.291. The Labute approximate surface area is 175 Å². The quantitative estimate of drug-likeness (QED) is 0.266. The van der Waals surface area contributed by atoms with Gasteiger partial charge in [-0.15, -0.1) is 0 Å². The highest BCUT2D eigenvalue weighted by molar-refractivity contribution is 5.51. The van der Waals surface area contributed by atoms with Crippen LogP contribution >= 0.6 is 0 Å². The molecule has 0 aromatic heterocycles. The van der Waals surface area contributed by atoms with Crippen molar-refractivity contribution in [3.63, 3.8) is 0 Å². The third-order valence-corrected chi connectivity index (χ3v) is 6.11. The van der Waals surface area contributed by atoms with Crippen LogP contribution in [0.2, 0.25) is 0 Å². The highest BCUT2D eigenvalue weighted by Crippen LogP contribution is 2.27. The number of rotatable bonds is 16. The van der Waals surface area contributed by atoms with Crippen LogP contribution in [0, 0.1) is 0 Å². The summed E-state index contributed by atoms with van der Waals surface area (Å²) in [6, 6.07) is 10.8. The van der Waals surface area contributed by atoms with E-state index in [0.717, 1.165) is 6.54 Å². The van der Waals surface area contributed by atoms with E-state index < -0.39 is 0 Å². The maximum Gasteiger partial charge on any atom is 0.105 e. The Morgan fingerprint density at radius 2 is 1.18 bits per heavy atom. The van der Waals surface area contributed by atoms with E-state index in [1.54, 1.807) is 0 Å². The first-order valence-electron chi connectivity index (χ1n) is 12.1. The van der Waals surface area contributed by atoms with E-state index in [4.69, 9.17) is 0 Å². The summed E-state index contributed by atoms with van der Waals surface area (Å²) in [4.78, 5) is 4.93. The third-order valence-electron chi connectivity index (χ3n) is 6.11. The van der Waals surface area contributed by atoms with Gasteiger partial charge in [0.2, 0.25) is 0 Å². The van der Waals surface area contributed by atoms with Crippen LogP contribution < -0.4 is 4.90 Å². The summed E-state index contributed by atoms with van der Waals surface area (Å²) >= 11 is 0. The van der Waals surface area contributed by atoms with Gasteiger partial charge in [0.25, 0.3) is 0 Å². The van der Waals surface area contributed by atoms with Crippen LogP contribution in [-0.2, 0) is 0 Å². The molecule has 1 unspecified atom stereocenters. The number of hydrogen-bond donors (Lipinski definition) is 0. The second kappa shape index (κ2) is 14.5. The molecule has 0 saturated heterocycles. The van der Waals surface area contributed by atoms with E-state index in [1.165, 1.54) is 95.6 Å². The van der Waals surface area contributed by atoms with Crippen molar-refractivity contribution in [1.82, 2.24) is 4.90 Å². The molecule has 0 aliphatic carbocycles. The number of benzene rings is 1. The monoisotopic (exact) mass is 384 g/mol. The maximum absolute atomic E-state index is 2.48. The van der Waals surface area contributed by atoms with Crippen LogP contribution in [0.1, 0.15) is 104 Å². The Kier molecular flexibility index (Phi) is 11.9. The van der Waals surface area contributed by atoms with Crippen molar-refractivity contribution in [1.29, 1.82) is 0 Å². The normalized spacial score (nSPS) is 16.3. The van der Waals surface area contributed by atoms with Gasteiger partial charge < -0.3 is 9.80 Å². The summed E-state index contributed by atoms with van der Waals surface area (Å²) in [6.07, 6.45) is 24.8. The van der Waals surface area contributed by atoms with Crippen molar-refractivity contribution in [3.8, 4) is 0 Å². The fourth-order valence-corrected chi connectivity index (χ4v) is 4.34. The fraction of sp³-hybridized carbons (Fsp3) is 0.692. The molecular weight excluding hydrogens is 340 g/mol. The molecule has 0 N–H and O–H groups in total. The van der Waals surface area contributed by atoms with E-state index in [-0.39, 0.29) is 0 Å². The molecule has 2 nitrogen and oxygen atoms in total. The minimum atomic E-state index is 0.500. The van der Waals surface area contributed by atoms with Crippen LogP contribution in [0.15, 0.2) is 42.7 Å². The summed E-state index contributed by atoms with van der Waals surface area (Å²) in [6.45, 7) is 5.64. The lowest BCUT2D eigenvalue weighted by Gasteiger charge is -2.32. The number of para-hydroxylation sites is 1. The van der Waals surface area contributed by atoms with E-state index in [9.17, 15) is 0 Å². The summed E-state index contributed by atoms with van der Waals surface area (Å²) in [5.41, 5.74) is 1.31. The van der Waals surface area contributed by atoms with E-state index >= 15 is 0 Å². The van der Waals surface area contributed by atoms with Gasteiger partial charge in [-0.2, -0.15) is 0 Å². The van der Waals surface area contributed by atoms with E-state index in [2.05, 4.69) is 66.4 Å². The van der Waals surface area contributed by atoms with Gasteiger partial charge in [-0.25, -0.2) is 0 Å². The van der Waals surface area contributed by atoms with Crippen LogP contribution in [0.5, 0.6) is 0 Å². The summed E-state index contributed by atoms with van der Waals surface area (Å²) in [5, 5.41) is 0. The van der Waals surface area contributed by atoms with Crippen molar-refractivity contribution in [2.24, 2.45) is 0 Å². The molecule has 1 aliphatic heterocycles. The van der Waals surface area contributed by atoms with Crippen LogP contribution in [-0.4, -0.2) is 17.6 Å². The number of hydrogen-bond acceptors (Lipinski definition) is 2. The predicted molar refractivity (Wildman–Crippen MR) is 125 cm³/mol. The van der Waals surface area contributed by atoms with Gasteiger partial charge in [-0.3, -0.25) is 0 Å². The summed E-state index contributed by atoms with van der Waals surface area (Å²) in [5.74, 6) is 0. The zero-order valence-corrected chi connectivity index (χ0v) is 18.6. The maximum atomic E-state index is 2.48. The molecule has 0 radical (unpaired) electrons. The van der Waals surface area contributed by atoms with Gasteiger partial charge in [0.05, 0.1) is 0 Å². The molecule has 0 amide bonds. The molecule has 28 heavy (non-hydrogen) atoms. The zero-order valence-electron chi connectivity index (χ0n) is 18.6. The summed E-state index contributed by atoms with van der Waals surface area (Å²) < 4.78 is 0. The van der Waals surface area contributed by atoms with Crippen molar-refractivity contribution in [2.45, 2.75) is 110 Å². The predicted octanol–water partition coefficient (Wildman–Crippen LogP) is 8.11. The molecule has 0 spiro atoms. The van der Waals surface area contributed by atoms with Crippen LogP contribution in [0.3, 0.4) is 0 Å². The molecule has 0 saturated carbocycles. The minimum absolute atomic E-state index is 0.500. The van der Waals surface area contributed by atoms with Crippen LogP contribution in [0.25, 0.3) is 0 Å². The largest absolute Gasteiger partial charge is 0.356 e. The van der Waals surface area contributed by atoms with Gasteiger partial charge >= 0.3 is 0 Å². The molecule has 2 heteroatoms. The molecule has 1 heterocycles.